The predicted octanol–water partition coefficient (Wildman–Crippen LogP) is 3.61. The van der Waals surface area contributed by atoms with Crippen molar-refractivity contribution in [2.75, 3.05) is 19.8 Å². The van der Waals surface area contributed by atoms with Gasteiger partial charge in [0.1, 0.15) is 0 Å². The van der Waals surface area contributed by atoms with Crippen LogP contribution in [0, 0.1) is 0 Å². The zero-order valence-corrected chi connectivity index (χ0v) is 13.6. The van der Waals surface area contributed by atoms with Crippen molar-refractivity contribution < 1.29 is 4.74 Å². The molecule has 0 radical (unpaired) electrons. The minimum Gasteiger partial charge on any atom is -0.382 e. The van der Waals surface area contributed by atoms with Crippen molar-refractivity contribution in [2.45, 2.75) is 46.2 Å². The molecule has 0 saturated heterocycles. The molecule has 3 heteroatoms. The summed E-state index contributed by atoms with van der Waals surface area (Å²) in [5, 5.41) is 4.89. The molecule has 0 amide bonds. The standard InChI is InChI=1S/C18H28N2O/c1-4-21-13-7-12-20-14-16(10-11-19-15(2)3)17-8-5-6-9-18(17)20/h5-6,8-9,14-15,19H,4,7,10-13H2,1-3H3. The maximum Gasteiger partial charge on any atom is 0.0483 e. The molecule has 0 bridgehead atoms. The number of nitrogens with one attached hydrogen (secondary N) is 1. The minimum atomic E-state index is 0.546. The van der Waals surface area contributed by atoms with E-state index in [9.17, 15) is 0 Å². The molecule has 2 rings (SSSR count). The quantitative estimate of drug-likeness (QED) is 0.713. The van der Waals surface area contributed by atoms with Crippen molar-refractivity contribution >= 4 is 10.9 Å². The van der Waals surface area contributed by atoms with Gasteiger partial charge in [0.05, 0.1) is 0 Å². The number of hydrogen-bond acceptors (Lipinski definition) is 2. The van der Waals surface area contributed by atoms with Gasteiger partial charge >= 0.3 is 0 Å². The van der Waals surface area contributed by atoms with Crippen LogP contribution in [0.3, 0.4) is 0 Å². The first-order valence-electron chi connectivity index (χ1n) is 8.10. The van der Waals surface area contributed by atoms with Gasteiger partial charge in [0, 0.05) is 42.9 Å². The van der Waals surface area contributed by atoms with Crippen molar-refractivity contribution in [3.8, 4) is 0 Å². The number of rotatable bonds is 9. The Morgan fingerprint density at radius 3 is 2.81 bits per heavy atom. The van der Waals surface area contributed by atoms with E-state index >= 15 is 0 Å². The minimum absolute atomic E-state index is 0.546. The van der Waals surface area contributed by atoms with Gasteiger partial charge in [0.15, 0.2) is 0 Å². The average Bonchev–Trinajstić information content (AvgIpc) is 2.82. The summed E-state index contributed by atoms with van der Waals surface area (Å²) in [7, 11) is 0. The number of nitrogens with zero attached hydrogens (tertiary/aromatic N) is 1. The van der Waals surface area contributed by atoms with E-state index in [-0.39, 0.29) is 0 Å². The Balaban J connectivity index is 2.06. The van der Waals surface area contributed by atoms with E-state index in [1.807, 2.05) is 6.92 Å². The Morgan fingerprint density at radius 1 is 1.24 bits per heavy atom. The molecule has 1 aromatic carbocycles. The summed E-state index contributed by atoms with van der Waals surface area (Å²) in [6, 6.07) is 9.25. The zero-order chi connectivity index (χ0) is 15.1. The van der Waals surface area contributed by atoms with E-state index < -0.39 is 0 Å². The molecule has 0 atom stereocenters. The third-order valence-electron chi connectivity index (χ3n) is 3.71. The first kappa shape index (κ1) is 16.1. The summed E-state index contributed by atoms with van der Waals surface area (Å²) >= 11 is 0. The van der Waals surface area contributed by atoms with Crippen LogP contribution in [0.2, 0.25) is 0 Å². The van der Waals surface area contributed by atoms with Gasteiger partial charge in [-0.15, -0.1) is 0 Å². The molecule has 0 aliphatic rings. The second kappa shape index (κ2) is 8.20. The molecule has 116 valence electrons. The van der Waals surface area contributed by atoms with E-state index in [0.29, 0.717) is 6.04 Å². The molecule has 0 fully saturated rings. The number of para-hydroxylation sites is 1. The number of ether oxygens (including phenoxy) is 1. The molecule has 21 heavy (non-hydrogen) atoms. The lowest BCUT2D eigenvalue weighted by Crippen LogP contribution is -2.24. The van der Waals surface area contributed by atoms with Crippen molar-refractivity contribution in [3.05, 3.63) is 36.0 Å². The van der Waals surface area contributed by atoms with E-state index in [1.54, 1.807) is 0 Å². The smallest absolute Gasteiger partial charge is 0.0483 e. The van der Waals surface area contributed by atoms with Gasteiger partial charge in [-0.1, -0.05) is 32.0 Å². The third kappa shape index (κ3) is 4.58. The molecule has 1 heterocycles. The van der Waals surface area contributed by atoms with Gasteiger partial charge < -0.3 is 14.6 Å². The number of aryl methyl sites for hydroxylation is 1. The van der Waals surface area contributed by atoms with Crippen molar-refractivity contribution in [1.82, 2.24) is 9.88 Å². The van der Waals surface area contributed by atoms with Gasteiger partial charge in [-0.25, -0.2) is 0 Å². The van der Waals surface area contributed by atoms with Crippen LogP contribution < -0.4 is 5.32 Å². The molecule has 0 saturated carbocycles. The highest BCUT2D eigenvalue weighted by atomic mass is 16.5. The largest absolute Gasteiger partial charge is 0.382 e. The average molecular weight is 288 g/mol. The molecule has 0 aliphatic carbocycles. The molecule has 0 unspecified atom stereocenters. The van der Waals surface area contributed by atoms with E-state index in [1.165, 1.54) is 16.5 Å². The molecule has 2 aromatic rings. The van der Waals surface area contributed by atoms with Crippen LogP contribution in [0.4, 0.5) is 0 Å². The zero-order valence-electron chi connectivity index (χ0n) is 13.6. The summed E-state index contributed by atoms with van der Waals surface area (Å²) in [5.41, 5.74) is 2.78. The molecule has 0 aliphatic heterocycles. The van der Waals surface area contributed by atoms with E-state index in [0.717, 1.165) is 39.1 Å². The fourth-order valence-electron chi connectivity index (χ4n) is 2.68. The lowest BCUT2D eigenvalue weighted by atomic mass is 10.1. The second-order valence-corrected chi connectivity index (χ2v) is 5.77. The monoisotopic (exact) mass is 288 g/mol. The van der Waals surface area contributed by atoms with Gasteiger partial charge in [-0.2, -0.15) is 0 Å². The summed E-state index contributed by atoms with van der Waals surface area (Å²) in [4.78, 5) is 0. The maximum atomic E-state index is 5.44. The SMILES string of the molecule is CCOCCCn1cc(CCNC(C)C)c2ccccc21. The molecular formula is C18H28N2O. The summed E-state index contributed by atoms with van der Waals surface area (Å²) in [6.45, 7) is 10.1. The molecule has 1 aromatic heterocycles. The van der Waals surface area contributed by atoms with Crippen molar-refractivity contribution in [1.29, 1.82) is 0 Å². The maximum absolute atomic E-state index is 5.44. The Morgan fingerprint density at radius 2 is 2.05 bits per heavy atom. The van der Waals surface area contributed by atoms with Crippen molar-refractivity contribution in [2.24, 2.45) is 0 Å². The molecular weight excluding hydrogens is 260 g/mol. The number of benzene rings is 1. The fourth-order valence-corrected chi connectivity index (χ4v) is 2.68. The van der Waals surface area contributed by atoms with Crippen LogP contribution >= 0.6 is 0 Å². The highest BCUT2D eigenvalue weighted by molar-refractivity contribution is 5.84. The highest BCUT2D eigenvalue weighted by Gasteiger charge is 2.07. The van der Waals surface area contributed by atoms with Crippen LogP contribution in [-0.2, 0) is 17.7 Å². The second-order valence-electron chi connectivity index (χ2n) is 5.77. The normalized spacial score (nSPS) is 11.6. The van der Waals surface area contributed by atoms with E-state index in [2.05, 4.69) is 54.2 Å². The van der Waals surface area contributed by atoms with Gasteiger partial charge in [0.2, 0.25) is 0 Å². The van der Waals surface area contributed by atoms with Gasteiger partial charge in [-0.05, 0) is 37.9 Å². The van der Waals surface area contributed by atoms with Gasteiger partial charge in [-0.3, -0.25) is 0 Å². The van der Waals surface area contributed by atoms with Gasteiger partial charge in [0.25, 0.3) is 0 Å². The lowest BCUT2D eigenvalue weighted by molar-refractivity contribution is 0.142. The Kier molecular flexibility index (Phi) is 6.27. The molecule has 0 spiro atoms. The van der Waals surface area contributed by atoms with Crippen LogP contribution in [0.15, 0.2) is 30.5 Å². The summed E-state index contributed by atoms with van der Waals surface area (Å²) < 4.78 is 7.82. The van der Waals surface area contributed by atoms with Crippen LogP contribution in [0.25, 0.3) is 10.9 Å². The Hall–Kier alpha value is -1.32. The number of aromatic nitrogens is 1. The fraction of sp³-hybridized carbons (Fsp3) is 0.556. The Labute approximate surface area is 128 Å². The highest BCUT2D eigenvalue weighted by Crippen LogP contribution is 2.22. The van der Waals surface area contributed by atoms with Crippen LogP contribution in [-0.4, -0.2) is 30.4 Å². The Bertz CT molecular complexity index is 545. The van der Waals surface area contributed by atoms with Crippen molar-refractivity contribution in [3.63, 3.8) is 0 Å². The molecule has 1 N–H and O–H groups in total. The first-order chi connectivity index (χ1) is 10.2. The summed E-state index contributed by atoms with van der Waals surface area (Å²) in [6.07, 6.45) is 4.46. The number of hydrogen-bond donors (Lipinski definition) is 1. The third-order valence-corrected chi connectivity index (χ3v) is 3.71. The predicted molar refractivity (Wildman–Crippen MR) is 89.9 cm³/mol. The summed E-state index contributed by atoms with van der Waals surface area (Å²) in [5.74, 6) is 0. The van der Waals surface area contributed by atoms with Crippen LogP contribution in [0.1, 0.15) is 32.8 Å². The molecule has 3 nitrogen and oxygen atoms in total. The first-order valence-corrected chi connectivity index (χ1v) is 8.10. The lowest BCUT2D eigenvalue weighted by Gasteiger charge is -2.06. The van der Waals surface area contributed by atoms with E-state index in [4.69, 9.17) is 4.74 Å². The topological polar surface area (TPSA) is 26.2 Å². The number of fused-ring (bicyclic) bond motifs is 1. The van der Waals surface area contributed by atoms with Crippen LogP contribution in [0.5, 0.6) is 0 Å².